The molecule has 1 fully saturated rings. The molecule has 1 aromatic heterocycles. The molecule has 1 aliphatic carbocycles. The smallest absolute Gasteiger partial charge is 0.270 e. The van der Waals surface area contributed by atoms with Crippen LogP contribution in [-0.4, -0.2) is 33.6 Å². The summed E-state index contributed by atoms with van der Waals surface area (Å²) in [6, 6.07) is 11.4. The van der Waals surface area contributed by atoms with Crippen molar-refractivity contribution >= 4 is 5.91 Å². The van der Waals surface area contributed by atoms with Gasteiger partial charge in [0.25, 0.3) is 5.91 Å². The second kappa shape index (κ2) is 7.33. The van der Waals surface area contributed by atoms with E-state index in [9.17, 15) is 9.90 Å². The van der Waals surface area contributed by atoms with Crippen LogP contribution in [-0.2, 0) is 0 Å². The molecule has 5 heteroatoms. The molecule has 1 amide bonds. The van der Waals surface area contributed by atoms with Gasteiger partial charge in [-0.25, -0.2) is 9.97 Å². The zero-order valence-electron chi connectivity index (χ0n) is 13.0. The summed E-state index contributed by atoms with van der Waals surface area (Å²) >= 11 is 0. The maximum absolute atomic E-state index is 12.4. The third-order valence-corrected chi connectivity index (χ3v) is 4.36. The van der Waals surface area contributed by atoms with Crippen molar-refractivity contribution in [3.8, 4) is 11.4 Å². The Labute approximate surface area is 135 Å². The first kappa shape index (κ1) is 15.6. The molecule has 0 unspecified atom stereocenters. The molecule has 2 N–H and O–H groups in total. The zero-order valence-corrected chi connectivity index (χ0v) is 13.0. The summed E-state index contributed by atoms with van der Waals surface area (Å²) in [6.07, 6.45) is 5.36. The second-order valence-corrected chi connectivity index (χ2v) is 6.01. The lowest BCUT2D eigenvalue weighted by molar-refractivity contribution is 0.0909. The van der Waals surface area contributed by atoms with Gasteiger partial charge in [-0.1, -0.05) is 30.3 Å². The summed E-state index contributed by atoms with van der Waals surface area (Å²) in [5.74, 6) is 0.783. The van der Waals surface area contributed by atoms with Crippen molar-refractivity contribution in [2.24, 2.45) is 5.92 Å². The SMILES string of the molecule is O=C(NC1CCC(CO)CC1)c1ccnc(-c2ccccc2)n1. The van der Waals surface area contributed by atoms with Crippen molar-refractivity contribution < 1.29 is 9.90 Å². The van der Waals surface area contributed by atoms with Crippen molar-refractivity contribution in [2.75, 3.05) is 6.61 Å². The van der Waals surface area contributed by atoms with Crippen LogP contribution >= 0.6 is 0 Å². The van der Waals surface area contributed by atoms with E-state index in [1.54, 1.807) is 12.3 Å². The Morgan fingerprint density at radius 1 is 1.13 bits per heavy atom. The Balaban J connectivity index is 1.66. The molecule has 0 radical (unpaired) electrons. The van der Waals surface area contributed by atoms with E-state index in [1.165, 1.54) is 0 Å². The molecule has 2 aromatic rings. The number of benzene rings is 1. The van der Waals surface area contributed by atoms with Gasteiger partial charge in [-0.05, 0) is 37.7 Å². The van der Waals surface area contributed by atoms with Crippen molar-refractivity contribution in [3.63, 3.8) is 0 Å². The molecule has 120 valence electrons. The maximum atomic E-state index is 12.4. The van der Waals surface area contributed by atoms with E-state index >= 15 is 0 Å². The first-order valence-electron chi connectivity index (χ1n) is 8.06. The van der Waals surface area contributed by atoms with Crippen molar-refractivity contribution in [1.82, 2.24) is 15.3 Å². The van der Waals surface area contributed by atoms with Gasteiger partial charge in [0.05, 0.1) is 0 Å². The Hall–Kier alpha value is -2.27. The van der Waals surface area contributed by atoms with E-state index in [0.29, 0.717) is 17.4 Å². The molecule has 0 saturated heterocycles. The van der Waals surface area contributed by atoms with Crippen LogP contribution in [0.3, 0.4) is 0 Å². The summed E-state index contributed by atoms with van der Waals surface area (Å²) < 4.78 is 0. The quantitative estimate of drug-likeness (QED) is 0.909. The molecule has 0 bridgehead atoms. The Bertz CT molecular complexity index is 652. The maximum Gasteiger partial charge on any atom is 0.270 e. The number of hydrogen-bond acceptors (Lipinski definition) is 4. The summed E-state index contributed by atoms with van der Waals surface area (Å²) in [7, 11) is 0. The van der Waals surface area contributed by atoms with Gasteiger partial charge in [-0.2, -0.15) is 0 Å². The molecule has 0 spiro atoms. The summed E-state index contributed by atoms with van der Waals surface area (Å²) in [5.41, 5.74) is 1.29. The topological polar surface area (TPSA) is 75.1 Å². The average molecular weight is 311 g/mol. The van der Waals surface area contributed by atoms with Gasteiger partial charge in [-0.15, -0.1) is 0 Å². The van der Waals surface area contributed by atoms with Gasteiger partial charge in [0.15, 0.2) is 5.82 Å². The second-order valence-electron chi connectivity index (χ2n) is 6.01. The Kier molecular flexibility index (Phi) is 4.98. The molecule has 3 rings (SSSR count). The fraction of sp³-hybridized carbons (Fsp3) is 0.389. The highest BCUT2D eigenvalue weighted by molar-refractivity contribution is 5.92. The minimum Gasteiger partial charge on any atom is -0.396 e. The fourth-order valence-electron chi connectivity index (χ4n) is 2.96. The Morgan fingerprint density at radius 3 is 2.57 bits per heavy atom. The Morgan fingerprint density at radius 2 is 1.87 bits per heavy atom. The number of aromatic nitrogens is 2. The monoisotopic (exact) mass is 311 g/mol. The minimum atomic E-state index is -0.156. The third kappa shape index (κ3) is 3.93. The van der Waals surface area contributed by atoms with Crippen LogP contribution in [0.4, 0.5) is 0 Å². The molecule has 5 nitrogen and oxygen atoms in total. The number of aliphatic hydroxyl groups excluding tert-OH is 1. The minimum absolute atomic E-state index is 0.156. The van der Waals surface area contributed by atoms with Crippen molar-refractivity contribution in [3.05, 3.63) is 48.3 Å². The largest absolute Gasteiger partial charge is 0.396 e. The van der Waals surface area contributed by atoms with Gasteiger partial charge in [0.1, 0.15) is 5.69 Å². The van der Waals surface area contributed by atoms with E-state index < -0.39 is 0 Å². The van der Waals surface area contributed by atoms with Crippen molar-refractivity contribution in [2.45, 2.75) is 31.7 Å². The highest BCUT2D eigenvalue weighted by Gasteiger charge is 2.22. The number of amides is 1. The van der Waals surface area contributed by atoms with Crippen LogP contribution in [0.2, 0.25) is 0 Å². The van der Waals surface area contributed by atoms with Crippen LogP contribution in [0, 0.1) is 5.92 Å². The average Bonchev–Trinajstić information content (AvgIpc) is 2.63. The standard InChI is InChI=1S/C18H21N3O2/c22-12-13-6-8-15(9-7-13)20-18(23)16-10-11-19-17(21-16)14-4-2-1-3-5-14/h1-5,10-11,13,15,22H,6-9,12H2,(H,20,23). The molecular formula is C18H21N3O2. The van der Waals surface area contributed by atoms with E-state index in [4.69, 9.17) is 0 Å². The normalized spacial score (nSPS) is 20.9. The number of nitrogens with one attached hydrogen (secondary N) is 1. The number of rotatable bonds is 4. The zero-order chi connectivity index (χ0) is 16.1. The van der Waals surface area contributed by atoms with Crippen LogP contribution in [0.25, 0.3) is 11.4 Å². The molecule has 1 aliphatic rings. The van der Waals surface area contributed by atoms with Crippen LogP contribution < -0.4 is 5.32 Å². The highest BCUT2D eigenvalue weighted by atomic mass is 16.3. The molecule has 0 atom stereocenters. The van der Waals surface area contributed by atoms with Gasteiger partial charge in [-0.3, -0.25) is 4.79 Å². The van der Waals surface area contributed by atoms with Gasteiger partial charge in [0, 0.05) is 24.4 Å². The van der Waals surface area contributed by atoms with E-state index in [2.05, 4.69) is 15.3 Å². The number of nitrogens with zero attached hydrogens (tertiary/aromatic N) is 2. The van der Waals surface area contributed by atoms with Crippen molar-refractivity contribution in [1.29, 1.82) is 0 Å². The lowest BCUT2D eigenvalue weighted by atomic mass is 9.86. The van der Waals surface area contributed by atoms with E-state index in [0.717, 1.165) is 31.2 Å². The lowest BCUT2D eigenvalue weighted by Crippen LogP contribution is -2.38. The van der Waals surface area contributed by atoms with Crippen LogP contribution in [0.15, 0.2) is 42.6 Å². The molecule has 1 heterocycles. The lowest BCUT2D eigenvalue weighted by Gasteiger charge is -2.27. The summed E-state index contributed by atoms with van der Waals surface area (Å²) in [4.78, 5) is 21.0. The number of hydrogen-bond donors (Lipinski definition) is 2. The van der Waals surface area contributed by atoms with Gasteiger partial charge >= 0.3 is 0 Å². The predicted octanol–water partition coefficient (Wildman–Crippen LogP) is 2.42. The number of carbonyl (C=O) groups excluding carboxylic acids is 1. The molecular weight excluding hydrogens is 290 g/mol. The molecule has 1 aromatic carbocycles. The molecule has 0 aliphatic heterocycles. The van der Waals surface area contributed by atoms with Crippen LogP contribution in [0.5, 0.6) is 0 Å². The fourth-order valence-corrected chi connectivity index (χ4v) is 2.96. The molecule has 1 saturated carbocycles. The van der Waals surface area contributed by atoms with E-state index in [-0.39, 0.29) is 18.6 Å². The third-order valence-electron chi connectivity index (χ3n) is 4.36. The molecule has 23 heavy (non-hydrogen) atoms. The predicted molar refractivity (Wildman–Crippen MR) is 87.8 cm³/mol. The first-order chi connectivity index (χ1) is 11.3. The van der Waals surface area contributed by atoms with E-state index in [1.807, 2.05) is 30.3 Å². The van der Waals surface area contributed by atoms with Crippen LogP contribution in [0.1, 0.15) is 36.2 Å². The first-order valence-corrected chi connectivity index (χ1v) is 8.06. The van der Waals surface area contributed by atoms with Gasteiger partial charge in [0.2, 0.25) is 0 Å². The highest BCUT2D eigenvalue weighted by Crippen LogP contribution is 2.24. The summed E-state index contributed by atoms with van der Waals surface area (Å²) in [6.45, 7) is 0.243. The summed E-state index contributed by atoms with van der Waals surface area (Å²) in [5, 5.41) is 12.2. The van der Waals surface area contributed by atoms with Gasteiger partial charge < -0.3 is 10.4 Å². The number of aliphatic hydroxyl groups is 1. The number of carbonyl (C=O) groups is 1.